The van der Waals surface area contributed by atoms with Gasteiger partial charge in [0.25, 0.3) is 11.5 Å². The smallest absolute Gasteiger partial charge is 0.332 e. The number of nitrogens with zero attached hydrogens (tertiary/aromatic N) is 2. The van der Waals surface area contributed by atoms with Crippen LogP contribution in [0, 0.1) is 11.3 Å². The van der Waals surface area contributed by atoms with E-state index in [4.69, 9.17) is 17.3 Å². The Morgan fingerprint density at radius 3 is 2.71 bits per heavy atom. The Morgan fingerprint density at radius 1 is 1.46 bits per heavy atom. The van der Waals surface area contributed by atoms with E-state index in [1.54, 1.807) is 24.3 Å². The molecule has 122 valence electrons. The van der Waals surface area contributed by atoms with Crippen LogP contribution in [0.25, 0.3) is 17.3 Å². The molecule has 0 saturated heterocycles. The standard InChI is InChI=1S/C15H10ClN3O4S/c1-23-12(20)6-11-14(22)19(9-4-2-3-8(16)5-9)15(24-11)10(7-17)13(18)21/h2-6H,1H3,(H2,18,21)/b11-6-,15-10-. The molecule has 0 bridgehead atoms. The summed E-state index contributed by atoms with van der Waals surface area (Å²) in [5.74, 6) is -1.73. The van der Waals surface area contributed by atoms with Crippen LogP contribution in [0.2, 0.25) is 5.02 Å². The van der Waals surface area contributed by atoms with E-state index in [9.17, 15) is 19.6 Å². The molecule has 0 radical (unpaired) electrons. The van der Waals surface area contributed by atoms with Gasteiger partial charge in [-0.2, -0.15) is 5.26 Å². The van der Waals surface area contributed by atoms with Crippen molar-refractivity contribution in [1.29, 1.82) is 5.26 Å². The molecule has 2 aromatic rings. The molecule has 24 heavy (non-hydrogen) atoms. The van der Waals surface area contributed by atoms with E-state index in [2.05, 4.69) is 4.74 Å². The molecule has 0 spiro atoms. The fraction of sp³-hybridized carbons (Fsp3) is 0.0667. The summed E-state index contributed by atoms with van der Waals surface area (Å²) < 4.78 is 5.60. The molecule has 0 aliphatic carbocycles. The number of esters is 1. The minimum Gasteiger partial charge on any atom is -0.466 e. The van der Waals surface area contributed by atoms with Crippen LogP contribution in [0.15, 0.2) is 29.1 Å². The molecule has 1 heterocycles. The summed E-state index contributed by atoms with van der Waals surface area (Å²) >= 11 is 6.71. The van der Waals surface area contributed by atoms with Crippen LogP contribution in [0.5, 0.6) is 0 Å². The number of nitrogens with two attached hydrogens (primary N) is 1. The summed E-state index contributed by atoms with van der Waals surface area (Å²) in [4.78, 5) is 35.5. The Balaban J connectivity index is 3.01. The van der Waals surface area contributed by atoms with Gasteiger partial charge in [-0.1, -0.05) is 17.7 Å². The summed E-state index contributed by atoms with van der Waals surface area (Å²) in [7, 11) is 1.17. The zero-order valence-corrected chi connectivity index (χ0v) is 13.9. The van der Waals surface area contributed by atoms with Gasteiger partial charge < -0.3 is 10.5 Å². The maximum atomic E-state index is 12.6. The highest BCUT2D eigenvalue weighted by atomic mass is 35.5. The molecule has 0 fully saturated rings. The Hall–Kier alpha value is -2.89. The van der Waals surface area contributed by atoms with Crippen LogP contribution < -0.4 is 20.5 Å². The van der Waals surface area contributed by atoms with Gasteiger partial charge in [-0.3, -0.25) is 14.2 Å². The third-order valence-electron chi connectivity index (χ3n) is 2.91. The number of halogens is 1. The summed E-state index contributed by atoms with van der Waals surface area (Å²) in [5, 5.41) is 9.53. The van der Waals surface area contributed by atoms with Gasteiger partial charge in [0.1, 0.15) is 15.3 Å². The molecule has 9 heteroatoms. The number of benzene rings is 1. The molecular formula is C15H10ClN3O4S. The predicted octanol–water partition coefficient (Wildman–Crippen LogP) is -0.335. The van der Waals surface area contributed by atoms with Crippen molar-refractivity contribution in [3.05, 3.63) is 48.8 Å². The molecular weight excluding hydrogens is 354 g/mol. The molecule has 1 aromatic carbocycles. The Labute approximate surface area is 144 Å². The number of hydrogen-bond acceptors (Lipinski definition) is 6. The summed E-state index contributed by atoms with van der Waals surface area (Å²) in [6, 6.07) is 7.94. The number of carbonyl (C=O) groups excluding carboxylic acids is 2. The lowest BCUT2D eigenvalue weighted by atomic mass is 10.3. The maximum absolute atomic E-state index is 12.6. The predicted molar refractivity (Wildman–Crippen MR) is 88.9 cm³/mol. The topological polar surface area (TPSA) is 115 Å². The van der Waals surface area contributed by atoms with Gasteiger partial charge >= 0.3 is 5.97 Å². The number of rotatable bonds is 3. The number of nitriles is 1. The first-order valence-electron chi connectivity index (χ1n) is 6.40. The monoisotopic (exact) mass is 363 g/mol. The zero-order valence-electron chi connectivity index (χ0n) is 12.3. The Morgan fingerprint density at radius 2 is 2.17 bits per heavy atom. The van der Waals surface area contributed by atoms with Crippen molar-refractivity contribution in [1.82, 2.24) is 4.57 Å². The van der Waals surface area contributed by atoms with Crippen molar-refractivity contribution < 1.29 is 14.3 Å². The first-order chi connectivity index (χ1) is 11.4. The van der Waals surface area contributed by atoms with E-state index in [1.807, 2.05) is 0 Å². The average Bonchev–Trinajstić information content (AvgIpc) is 2.84. The first-order valence-corrected chi connectivity index (χ1v) is 7.60. The van der Waals surface area contributed by atoms with Crippen molar-refractivity contribution in [2.45, 2.75) is 0 Å². The molecule has 7 nitrogen and oxygen atoms in total. The molecule has 0 aliphatic heterocycles. The van der Waals surface area contributed by atoms with E-state index in [0.29, 0.717) is 10.7 Å². The van der Waals surface area contributed by atoms with Gasteiger partial charge in [0.2, 0.25) is 0 Å². The number of thiazole rings is 1. The lowest BCUT2D eigenvalue weighted by Crippen LogP contribution is -2.32. The molecule has 0 unspecified atom stereocenters. The van der Waals surface area contributed by atoms with E-state index in [1.165, 1.54) is 13.2 Å². The quantitative estimate of drug-likeness (QED) is 0.749. The number of amides is 1. The molecule has 1 aromatic heterocycles. The minimum absolute atomic E-state index is 0.00687. The molecule has 1 amide bonds. The number of methoxy groups -OCH3 is 1. The second kappa shape index (κ2) is 7.12. The van der Waals surface area contributed by atoms with Gasteiger partial charge in [-0.15, -0.1) is 11.3 Å². The molecule has 0 saturated carbocycles. The second-order valence-electron chi connectivity index (χ2n) is 4.41. The molecule has 2 N–H and O–H groups in total. The van der Waals surface area contributed by atoms with Gasteiger partial charge in [0.05, 0.1) is 12.8 Å². The second-order valence-corrected chi connectivity index (χ2v) is 5.88. The number of hydrogen-bond donors (Lipinski definition) is 1. The van der Waals surface area contributed by atoms with Crippen LogP contribution in [-0.4, -0.2) is 23.6 Å². The molecule has 0 atom stereocenters. The number of primary amides is 1. The highest BCUT2D eigenvalue weighted by Crippen LogP contribution is 2.12. The van der Waals surface area contributed by atoms with Crippen molar-refractivity contribution in [2.75, 3.05) is 7.11 Å². The molecule has 2 rings (SSSR count). The fourth-order valence-corrected chi connectivity index (χ4v) is 3.13. The highest BCUT2D eigenvalue weighted by molar-refractivity contribution is 7.07. The summed E-state index contributed by atoms with van der Waals surface area (Å²) in [5.41, 5.74) is 4.54. The van der Waals surface area contributed by atoms with Crippen LogP contribution in [0.4, 0.5) is 0 Å². The SMILES string of the molecule is COC(=O)/C=c1\s/c(=C(/C#N)C(N)=O)n(-c2cccc(Cl)c2)c1=O. The van der Waals surface area contributed by atoms with Crippen LogP contribution in [0.3, 0.4) is 0 Å². The van der Waals surface area contributed by atoms with Gasteiger partial charge in [0, 0.05) is 11.1 Å². The summed E-state index contributed by atoms with van der Waals surface area (Å²) in [6.07, 6.45) is 0.980. The van der Waals surface area contributed by atoms with Crippen LogP contribution in [0.1, 0.15) is 0 Å². The zero-order chi connectivity index (χ0) is 17.9. The average molecular weight is 364 g/mol. The number of aromatic nitrogens is 1. The Kier molecular flexibility index (Phi) is 5.18. The van der Waals surface area contributed by atoms with Crippen molar-refractivity contribution in [3.8, 4) is 11.8 Å². The number of carbonyl (C=O) groups is 2. The van der Waals surface area contributed by atoms with Crippen LogP contribution >= 0.6 is 22.9 Å². The Bertz CT molecular complexity index is 1050. The van der Waals surface area contributed by atoms with Gasteiger partial charge in [-0.05, 0) is 18.2 Å². The highest BCUT2D eigenvalue weighted by Gasteiger charge is 2.15. The van der Waals surface area contributed by atoms with Crippen molar-refractivity contribution in [3.63, 3.8) is 0 Å². The minimum atomic E-state index is -0.987. The normalized spacial score (nSPS) is 12.5. The summed E-state index contributed by atoms with van der Waals surface area (Å²) in [6.45, 7) is 0. The largest absolute Gasteiger partial charge is 0.466 e. The van der Waals surface area contributed by atoms with Crippen LogP contribution in [-0.2, 0) is 14.3 Å². The lowest BCUT2D eigenvalue weighted by Gasteiger charge is -2.03. The maximum Gasteiger partial charge on any atom is 0.332 e. The van der Waals surface area contributed by atoms with E-state index < -0.39 is 23.0 Å². The lowest BCUT2D eigenvalue weighted by molar-refractivity contribution is -0.133. The van der Waals surface area contributed by atoms with E-state index in [-0.39, 0.29) is 9.20 Å². The van der Waals surface area contributed by atoms with Crippen molar-refractivity contribution >= 4 is 46.5 Å². The van der Waals surface area contributed by atoms with Gasteiger partial charge in [0.15, 0.2) is 5.57 Å². The van der Waals surface area contributed by atoms with Gasteiger partial charge in [-0.25, -0.2) is 4.79 Å². The third kappa shape index (κ3) is 3.37. The third-order valence-corrected chi connectivity index (χ3v) is 4.24. The van der Waals surface area contributed by atoms with E-state index >= 15 is 0 Å². The first kappa shape index (κ1) is 17.5. The van der Waals surface area contributed by atoms with Crippen molar-refractivity contribution in [2.24, 2.45) is 5.73 Å². The number of ether oxygens (including phenoxy) is 1. The van der Waals surface area contributed by atoms with E-state index in [0.717, 1.165) is 22.0 Å². The fourth-order valence-electron chi connectivity index (χ4n) is 1.87. The molecule has 0 aliphatic rings.